The number of hydrogen-bond acceptors (Lipinski definition) is 2. The number of amides is 1. The molecular formula is C8H18NO5P. The molecule has 0 aliphatic heterocycles. The average Bonchev–Trinajstić information content (AvgIpc) is 2.03. The van der Waals surface area contributed by atoms with E-state index >= 15 is 0 Å². The van der Waals surface area contributed by atoms with Gasteiger partial charge in [-0.25, -0.2) is 4.57 Å². The van der Waals surface area contributed by atoms with E-state index in [1.54, 1.807) is 11.8 Å². The van der Waals surface area contributed by atoms with Gasteiger partial charge >= 0.3 is 7.82 Å². The molecule has 0 aliphatic rings. The van der Waals surface area contributed by atoms with Crippen LogP contribution in [0, 0.1) is 0 Å². The van der Waals surface area contributed by atoms with Gasteiger partial charge in [-0.2, -0.15) is 0 Å². The van der Waals surface area contributed by atoms with Crippen molar-refractivity contribution in [1.29, 1.82) is 0 Å². The molecule has 0 saturated carbocycles. The van der Waals surface area contributed by atoms with Gasteiger partial charge in [0.2, 0.25) is 5.91 Å². The van der Waals surface area contributed by atoms with Crippen molar-refractivity contribution < 1.29 is 24.0 Å². The van der Waals surface area contributed by atoms with Crippen LogP contribution in [-0.2, 0) is 9.36 Å². The van der Waals surface area contributed by atoms with E-state index in [1.165, 1.54) is 0 Å². The third-order valence-corrected chi connectivity index (χ3v) is 1.42. The third-order valence-electron chi connectivity index (χ3n) is 1.42. The van der Waals surface area contributed by atoms with Crippen molar-refractivity contribution in [2.75, 3.05) is 13.1 Å². The minimum Gasteiger partial charge on any atom is -0.340 e. The summed E-state index contributed by atoms with van der Waals surface area (Å²) in [5.41, 5.74) is 0.615. The summed E-state index contributed by atoms with van der Waals surface area (Å²) >= 11 is 0. The molecule has 3 N–H and O–H groups in total. The van der Waals surface area contributed by atoms with Gasteiger partial charge in [-0.3, -0.25) is 4.79 Å². The molecule has 0 aliphatic carbocycles. The summed E-state index contributed by atoms with van der Waals surface area (Å²) in [6.07, 6.45) is 0. The lowest BCUT2D eigenvalue weighted by molar-refractivity contribution is -0.126. The number of hydrogen-bond donors (Lipinski definition) is 3. The largest absolute Gasteiger partial charge is 0.466 e. The van der Waals surface area contributed by atoms with Crippen LogP contribution in [0.3, 0.4) is 0 Å². The van der Waals surface area contributed by atoms with Gasteiger partial charge in [0.15, 0.2) is 0 Å². The normalized spacial score (nSPS) is 10.0. The van der Waals surface area contributed by atoms with Crippen molar-refractivity contribution in [3.05, 3.63) is 12.2 Å². The van der Waals surface area contributed by atoms with Crippen LogP contribution >= 0.6 is 7.82 Å². The molecule has 0 aromatic rings. The first kappa shape index (κ1) is 16.7. The first-order valence-corrected chi connectivity index (χ1v) is 5.93. The van der Waals surface area contributed by atoms with Gasteiger partial charge < -0.3 is 19.6 Å². The molecule has 90 valence electrons. The smallest absolute Gasteiger partial charge is 0.340 e. The van der Waals surface area contributed by atoms with E-state index in [0.717, 1.165) is 13.1 Å². The summed E-state index contributed by atoms with van der Waals surface area (Å²) in [6, 6.07) is 0. The number of rotatable bonds is 3. The molecule has 0 aromatic heterocycles. The second-order valence-electron chi connectivity index (χ2n) is 2.77. The molecule has 0 fully saturated rings. The monoisotopic (exact) mass is 239 g/mol. The number of nitrogens with zero attached hydrogens (tertiary/aromatic N) is 1. The Morgan fingerprint density at radius 3 is 1.60 bits per heavy atom. The lowest BCUT2D eigenvalue weighted by atomic mass is 10.3. The maximum absolute atomic E-state index is 11.1. The molecule has 0 bridgehead atoms. The lowest BCUT2D eigenvalue weighted by Crippen LogP contribution is -2.30. The van der Waals surface area contributed by atoms with Crippen LogP contribution in [0.5, 0.6) is 0 Å². The highest BCUT2D eigenvalue weighted by Crippen LogP contribution is 2.25. The van der Waals surface area contributed by atoms with Crippen LogP contribution in [0.2, 0.25) is 0 Å². The van der Waals surface area contributed by atoms with Gasteiger partial charge in [-0.05, 0) is 20.8 Å². The highest BCUT2D eigenvalue weighted by atomic mass is 31.2. The Kier molecular flexibility index (Phi) is 8.47. The molecule has 0 spiro atoms. The highest BCUT2D eigenvalue weighted by Gasteiger charge is 2.08. The number of carbonyl (C=O) groups is 1. The van der Waals surface area contributed by atoms with Crippen molar-refractivity contribution in [1.82, 2.24) is 4.90 Å². The molecule has 1 amide bonds. The van der Waals surface area contributed by atoms with Crippen LogP contribution in [0.1, 0.15) is 20.8 Å². The first-order valence-electron chi connectivity index (χ1n) is 4.36. The molecule has 0 atom stereocenters. The maximum Gasteiger partial charge on any atom is 0.466 e. The van der Waals surface area contributed by atoms with E-state index in [9.17, 15) is 4.79 Å². The minimum absolute atomic E-state index is 0.0602. The standard InChI is InChI=1S/C8H15NO.H3O4P/c1-5-9(6-2)8(10)7(3)4;1-5(2,3)4/h3,5-6H2,1-2,4H3;(H3,1,2,3,4). The topological polar surface area (TPSA) is 98.1 Å². The summed E-state index contributed by atoms with van der Waals surface area (Å²) in [4.78, 5) is 34.4. The fourth-order valence-corrected chi connectivity index (χ4v) is 0.781. The number of carbonyl (C=O) groups excluding carboxylic acids is 1. The SMILES string of the molecule is C=C(C)C(=O)N(CC)CC.O=P(O)(O)O. The van der Waals surface area contributed by atoms with Crippen LogP contribution < -0.4 is 0 Å². The molecule has 15 heavy (non-hydrogen) atoms. The second kappa shape index (κ2) is 7.59. The van der Waals surface area contributed by atoms with Gasteiger partial charge in [0.05, 0.1) is 0 Å². The summed E-state index contributed by atoms with van der Waals surface area (Å²) in [6.45, 7) is 10.8. The molecule has 0 unspecified atom stereocenters. The van der Waals surface area contributed by atoms with Gasteiger partial charge in [0, 0.05) is 18.7 Å². The van der Waals surface area contributed by atoms with Crippen molar-refractivity contribution in [2.45, 2.75) is 20.8 Å². The van der Waals surface area contributed by atoms with Gasteiger partial charge in [0.25, 0.3) is 0 Å². The fraction of sp³-hybridized carbons (Fsp3) is 0.625. The predicted octanol–water partition coefficient (Wildman–Crippen LogP) is 0.502. The lowest BCUT2D eigenvalue weighted by Gasteiger charge is -2.17. The van der Waals surface area contributed by atoms with Crippen LogP contribution in [0.4, 0.5) is 0 Å². The maximum atomic E-state index is 11.1. The Hall–Kier alpha value is -0.680. The van der Waals surface area contributed by atoms with Crippen LogP contribution in [0.25, 0.3) is 0 Å². The Balaban J connectivity index is 0. The predicted molar refractivity (Wildman–Crippen MR) is 57.0 cm³/mol. The molecular weight excluding hydrogens is 221 g/mol. The zero-order valence-electron chi connectivity index (χ0n) is 9.17. The van der Waals surface area contributed by atoms with Crippen molar-refractivity contribution in [2.24, 2.45) is 0 Å². The van der Waals surface area contributed by atoms with E-state index in [0.29, 0.717) is 5.57 Å². The highest BCUT2D eigenvalue weighted by molar-refractivity contribution is 7.45. The quantitative estimate of drug-likeness (QED) is 0.492. The molecule has 0 saturated heterocycles. The van der Waals surface area contributed by atoms with E-state index < -0.39 is 7.82 Å². The Morgan fingerprint density at radius 1 is 1.27 bits per heavy atom. The van der Waals surface area contributed by atoms with E-state index in [-0.39, 0.29) is 5.91 Å². The van der Waals surface area contributed by atoms with Gasteiger partial charge in [0.1, 0.15) is 0 Å². The first-order chi connectivity index (χ1) is 6.63. The van der Waals surface area contributed by atoms with Gasteiger partial charge in [-0.15, -0.1) is 0 Å². The van der Waals surface area contributed by atoms with Crippen molar-refractivity contribution in [3.63, 3.8) is 0 Å². The molecule has 0 aromatic carbocycles. The Morgan fingerprint density at radius 2 is 1.53 bits per heavy atom. The molecule has 0 heterocycles. The molecule has 6 nitrogen and oxygen atoms in total. The zero-order chi connectivity index (χ0) is 12.6. The Bertz CT molecular complexity index is 247. The summed E-state index contributed by atoms with van der Waals surface area (Å²) in [5.74, 6) is 0.0602. The van der Waals surface area contributed by atoms with Crippen LogP contribution in [0.15, 0.2) is 12.2 Å². The molecule has 7 heteroatoms. The van der Waals surface area contributed by atoms with Gasteiger partial charge in [-0.1, -0.05) is 6.58 Å². The van der Waals surface area contributed by atoms with E-state index in [2.05, 4.69) is 6.58 Å². The second-order valence-corrected chi connectivity index (χ2v) is 3.80. The number of phosphoric acid groups is 1. The summed E-state index contributed by atoms with van der Waals surface area (Å²) < 4.78 is 8.88. The molecule has 0 rings (SSSR count). The van der Waals surface area contributed by atoms with Crippen molar-refractivity contribution >= 4 is 13.7 Å². The number of likely N-dealkylation sites (N-methyl/N-ethyl adjacent to an activating group) is 1. The van der Waals surface area contributed by atoms with Crippen LogP contribution in [-0.4, -0.2) is 38.6 Å². The summed E-state index contributed by atoms with van der Waals surface area (Å²) in [7, 11) is -4.64. The zero-order valence-corrected chi connectivity index (χ0v) is 10.1. The van der Waals surface area contributed by atoms with Crippen molar-refractivity contribution in [3.8, 4) is 0 Å². The van der Waals surface area contributed by atoms with E-state index in [1.807, 2.05) is 13.8 Å². The fourth-order valence-electron chi connectivity index (χ4n) is 0.781. The average molecular weight is 239 g/mol. The van der Waals surface area contributed by atoms with E-state index in [4.69, 9.17) is 19.2 Å². The third kappa shape index (κ3) is 13.3. The molecule has 0 radical (unpaired) electrons. The minimum atomic E-state index is -4.64. The Labute approximate surface area is 89.5 Å². The summed E-state index contributed by atoms with van der Waals surface area (Å²) in [5, 5.41) is 0.